The largest absolute Gasteiger partial charge is 0.504 e. The summed E-state index contributed by atoms with van der Waals surface area (Å²) in [5.41, 5.74) is 0.982. The fourth-order valence-electron chi connectivity index (χ4n) is 4.00. The number of rotatable bonds is 12. The minimum Gasteiger partial charge on any atom is -0.504 e. The van der Waals surface area contributed by atoms with E-state index in [1.165, 1.54) is 31.8 Å². The first-order chi connectivity index (χ1) is 18.7. The summed E-state index contributed by atoms with van der Waals surface area (Å²) in [6, 6.07) is 8.05. The molecule has 0 fully saturated rings. The van der Waals surface area contributed by atoms with E-state index in [0.29, 0.717) is 28.8 Å². The van der Waals surface area contributed by atoms with Crippen LogP contribution in [-0.2, 0) is 16.6 Å². The van der Waals surface area contributed by atoms with Crippen LogP contribution in [0.4, 0.5) is 5.69 Å². The number of nitrogens with zero attached hydrogens (tertiary/aromatic N) is 1. The van der Waals surface area contributed by atoms with E-state index in [9.17, 15) is 19.5 Å². The minimum absolute atomic E-state index is 0.0770. The molecule has 0 spiro atoms. The molecule has 0 aliphatic rings. The second-order valence-electron chi connectivity index (χ2n) is 8.85. The molecule has 2 aromatic carbocycles. The van der Waals surface area contributed by atoms with Crippen molar-refractivity contribution in [2.45, 2.75) is 39.5 Å². The summed E-state index contributed by atoms with van der Waals surface area (Å²) in [4.78, 5) is 36.9. The van der Waals surface area contributed by atoms with Crippen LogP contribution in [-0.4, -0.2) is 42.4 Å². The highest BCUT2D eigenvalue weighted by atomic mass is 16.6. The third-order valence-electron chi connectivity index (χ3n) is 6.00. The number of ether oxygens (including phenoxy) is 4. The molecule has 0 atom stereocenters. The number of amides is 1. The van der Waals surface area contributed by atoms with Crippen LogP contribution in [0.15, 0.2) is 41.2 Å². The maximum Gasteiger partial charge on any atom is 0.308 e. The van der Waals surface area contributed by atoms with Crippen LogP contribution in [0.1, 0.15) is 45.1 Å². The summed E-state index contributed by atoms with van der Waals surface area (Å²) >= 11 is 0. The summed E-state index contributed by atoms with van der Waals surface area (Å²) < 4.78 is 22.8. The molecule has 0 radical (unpaired) electrons. The number of hydrogen-bond acceptors (Lipinski definition) is 8. The molecule has 10 heteroatoms. The van der Waals surface area contributed by atoms with Crippen LogP contribution in [0, 0.1) is 0 Å². The fraction of sp³-hybridized carbons (Fsp3) is 0.345. The fourth-order valence-corrected chi connectivity index (χ4v) is 4.00. The van der Waals surface area contributed by atoms with Gasteiger partial charge < -0.3 is 33.9 Å². The summed E-state index contributed by atoms with van der Waals surface area (Å²) in [6.45, 7) is 3.73. The lowest BCUT2D eigenvalue weighted by Crippen LogP contribution is -2.20. The van der Waals surface area contributed by atoms with Crippen molar-refractivity contribution in [3.05, 3.63) is 52.3 Å². The molecule has 3 rings (SSSR count). The lowest BCUT2D eigenvalue weighted by atomic mass is 10.1. The van der Waals surface area contributed by atoms with Crippen molar-refractivity contribution in [1.29, 1.82) is 0 Å². The van der Waals surface area contributed by atoms with Gasteiger partial charge in [0.15, 0.2) is 17.2 Å². The molecule has 208 valence electrons. The molecule has 2 N–H and O–H groups in total. The first-order valence-electron chi connectivity index (χ1n) is 12.6. The van der Waals surface area contributed by atoms with Crippen molar-refractivity contribution in [3.63, 3.8) is 0 Å². The smallest absolute Gasteiger partial charge is 0.308 e. The van der Waals surface area contributed by atoms with Crippen molar-refractivity contribution >= 4 is 34.5 Å². The van der Waals surface area contributed by atoms with Gasteiger partial charge >= 0.3 is 5.97 Å². The lowest BCUT2D eigenvalue weighted by molar-refractivity contribution is -0.132. The van der Waals surface area contributed by atoms with Gasteiger partial charge in [0.25, 0.3) is 5.56 Å². The molecular formula is C29H34N2O8. The Hall–Kier alpha value is -4.47. The number of aryl methyl sites for hydroxylation is 1. The molecule has 0 saturated carbocycles. The summed E-state index contributed by atoms with van der Waals surface area (Å²) in [5, 5.41) is 13.9. The third-order valence-corrected chi connectivity index (χ3v) is 6.00. The van der Waals surface area contributed by atoms with Gasteiger partial charge in [-0.2, -0.15) is 0 Å². The van der Waals surface area contributed by atoms with Gasteiger partial charge in [-0.3, -0.25) is 14.4 Å². The Labute approximate surface area is 226 Å². The van der Waals surface area contributed by atoms with Crippen LogP contribution in [0.3, 0.4) is 0 Å². The van der Waals surface area contributed by atoms with Gasteiger partial charge in [0.05, 0.1) is 26.3 Å². The zero-order chi connectivity index (χ0) is 28.5. The molecule has 0 bridgehead atoms. The number of nitrogens with one attached hydrogen (secondary N) is 1. The number of aromatic nitrogens is 1. The van der Waals surface area contributed by atoms with Crippen molar-refractivity contribution in [3.8, 4) is 28.7 Å². The van der Waals surface area contributed by atoms with Crippen LogP contribution in [0.2, 0.25) is 0 Å². The maximum absolute atomic E-state index is 12.8. The zero-order valence-electron chi connectivity index (χ0n) is 22.8. The zero-order valence-corrected chi connectivity index (χ0v) is 22.8. The summed E-state index contributed by atoms with van der Waals surface area (Å²) in [6.07, 6.45) is 6.82. The molecule has 0 unspecified atom stereocenters. The first-order valence-corrected chi connectivity index (χ1v) is 12.6. The molecule has 39 heavy (non-hydrogen) atoms. The molecule has 0 saturated heterocycles. The Balaban J connectivity index is 1.79. The predicted molar refractivity (Wildman–Crippen MR) is 149 cm³/mol. The number of carbonyl (C=O) groups is 2. The van der Waals surface area contributed by atoms with E-state index in [2.05, 4.69) is 12.2 Å². The highest BCUT2D eigenvalue weighted by molar-refractivity contribution is 6.03. The Kier molecular flexibility index (Phi) is 9.97. The van der Waals surface area contributed by atoms with Gasteiger partial charge in [-0.25, -0.2) is 0 Å². The SMILES string of the molecule is CCCCCCOc1c(O)c2ccc(NC(=O)/C=C/c3cc(OC)c(OC(C)=O)c(OC)c3)cc2n(C)c1=O. The number of esters is 1. The Morgan fingerprint density at radius 3 is 2.33 bits per heavy atom. The third kappa shape index (κ3) is 7.10. The number of aromatic hydroxyl groups is 1. The number of benzene rings is 2. The average Bonchev–Trinajstić information content (AvgIpc) is 2.92. The summed E-state index contributed by atoms with van der Waals surface area (Å²) in [7, 11) is 4.44. The number of anilines is 1. The predicted octanol–water partition coefficient (Wildman–Crippen LogP) is 4.80. The molecule has 1 aromatic heterocycles. The topological polar surface area (TPSA) is 125 Å². The number of methoxy groups -OCH3 is 2. The quantitative estimate of drug-likeness (QED) is 0.146. The molecular weight excluding hydrogens is 504 g/mol. The minimum atomic E-state index is -0.526. The Bertz CT molecular complexity index is 1420. The van der Waals surface area contributed by atoms with Crippen molar-refractivity contribution < 1.29 is 33.6 Å². The van der Waals surface area contributed by atoms with Crippen LogP contribution < -0.4 is 29.8 Å². The van der Waals surface area contributed by atoms with E-state index in [0.717, 1.165) is 25.7 Å². The molecule has 3 aromatic rings. The van der Waals surface area contributed by atoms with Gasteiger partial charge in [-0.15, -0.1) is 0 Å². The van der Waals surface area contributed by atoms with Gasteiger partial charge in [-0.05, 0) is 48.4 Å². The normalized spacial score (nSPS) is 11.0. The van der Waals surface area contributed by atoms with Crippen molar-refractivity contribution in [2.75, 3.05) is 26.1 Å². The number of pyridine rings is 1. The molecule has 0 aliphatic carbocycles. The van der Waals surface area contributed by atoms with Crippen molar-refractivity contribution in [1.82, 2.24) is 4.57 Å². The van der Waals surface area contributed by atoms with E-state index < -0.39 is 17.4 Å². The summed E-state index contributed by atoms with van der Waals surface area (Å²) in [5.74, 6) is -0.579. The van der Waals surface area contributed by atoms with E-state index in [-0.39, 0.29) is 28.7 Å². The van der Waals surface area contributed by atoms with E-state index in [1.807, 2.05) is 0 Å². The van der Waals surface area contributed by atoms with Gasteiger partial charge in [0, 0.05) is 31.1 Å². The Morgan fingerprint density at radius 2 is 1.72 bits per heavy atom. The van der Waals surface area contributed by atoms with Gasteiger partial charge in [0.1, 0.15) is 0 Å². The number of carbonyl (C=O) groups excluding carboxylic acids is 2. The lowest BCUT2D eigenvalue weighted by Gasteiger charge is -2.14. The molecule has 1 heterocycles. The highest BCUT2D eigenvalue weighted by Crippen LogP contribution is 2.39. The standard InChI is InChI=1S/C29H34N2O8/c1-6-7-8-9-14-38-28-26(34)21-12-11-20(17-22(21)31(3)29(28)35)30-25(33)13-10-19-15-23(36-4)27(39-18(2)32)24(16-19)37-5/h10-13,15-17,34H,6-9,14H2,1-5H3,(H,30,33)/b13-10+. The second-order valence-corrected chi connectivity index (χ2v) is 8.85. The second kappa shape index (κ2) is 13.4. The van der Waals surface area contributed by atoms with Gasteiger partial charge in [-0.1, -0.05) is 26.2 Å². The van der Waals surface area contributed by atoms with Gasteiger partial charge in [0.2, 0.25) is 17.4 Å². The van der Waals surface area contributed by atoms with Crippen LogP contribution in [0.25, 0.3) is 17.0 Å². The monoisotopic (exact) mass is 538 g/mol. The average molecular weight is 539 g/mol. The first kappa shape index (κ1) is 29.1. The molecule has 10 nitrogen and oxygen atoms in total. The highest BCUT2D eigenvalue weighted by Gasteiger charge is 2.17. The van der Waals surface area contributed by atoms with Crippen LogP contribution in [0.5, 0.6) is 28.7 Å². The van der Waals surface area contributed by atoms with E-state index in [1.54, 1.807) is 43.5 Å². The molecule has 1 amide bonds. The van der Waals surface area contributed by atoms with E-state index in [4.69, 9.17) is 18.9 Å². The number of unbranched alkanes of at least 4 members (excludes halogenated alkanes) is 3. The molecule has 0 aliphatic heterocycles. The van der Waals surface area contributed by atoms with E-state index >= 15 is 0 Å². The number of fused-ring (bicyclic) bond motifs is 1. The van der Waals surface area contributed by atoms with Crippen molar-refractivity contribution in [2.24, 2.45) is 7.05 Å². The number of hydrogen-bond donors (Lipinski definition) is 2. The maximum atomic E-state index is 12.8. The Morgan fingerprint density at radius 1 is 1.03 bits per heavy atom. The van der Waals surface area contributed by atoms with Crippen LogP contribution >= 0.6 is 0 Å².